The number of carbonyl (C=O) groups excluding carboxylic acids is 1. The minimum atomic E-state index is -0.228. The van der Waals surface area contributed by atoms with E-state index in [0.717, 1.165) is 70.1 Å². The molecule has 8 nitrogen and oxygen atoms in total. The topological polar surface area (TPSA) is 75.0 Å². The number of aryl methyl sites for hydroxylation is 2. The standard InChI is InChI=1S/C21H36N6O2.HI/c1-5-17-16(18(6-2)25(4)24-17)15-23-21(22-7-3)27-12-10-26(11-13-27)20(28)19-9-8-14-29-19;/h19H,5-15H2,1-4H3,(H,22,23);1H. The summed E-state index contributed by atoms with van der Waals surface area (Å²) in [5.41, 5.74) is 3.64. The molecule has 30 heavy (non-hydrogen) atoms. The van der Waals surface area contributed by atoms with Crippen LogP contribution in [0.4, 0.5) is 0 Å². The van der Waals surface area contributed by atoms with Gasteiger partial charge in [-0.25, -0.2) is 4.99 Å². The van der Waals surface area contributed by atoms with Crippen molar-refractivity contribution in [1.29, 1.82) is 0 Å². The van der Waals surface area contributed by atoms with Crippen LogP contribution in [0.5, 0.6) is 0 Å². The Morgan fingerprint density at radius 1 is 1.17 bits per heavy atom. The van der Waals surface area contributed by atoms with Gasteiger partial charge in [0.2, 0.25) is 0 Å². The SMILES string of the molecule is CCNC(=NCc1c(CC)nn(C)c1CC)N1CCN(C(=O)C2CCCO2)CC1.I. The van der Waals surface area contributed by atoms with Crippen LogP contribution in [0.25, 0.3) is 0 Å². The van der Waals surface area contributed by atoms with E-state index in [4.69, 9.17) is 9.73 Å². The molecule has 2 aliphatic heterocycles. The zero-order valence-electron chi connectivity index (χ0n) is 18.8. The van der Waals surface area contributed by atoms with Crippen LogP contribution in [0.15, 0.2) is 4.99 Å². The molecule has 9 heteroatoms. The van der Waals surface area contributed by atoms with Gasteiger partial charge in [-0.1, -0.05) is 13.8 Å². The highest BCUT2D eigenvalue weighted by molar-refractivity contribution is 14.0. The minimum Gasteiger partial charge on any atom is -0.368 e. The number of halogens is 1. The number of aliphatic imine (C=N–C) groups is 1. The van der Waals surface area contributed by atoms with E-state index in [2.05, 4.69) is 36.1 Å². The molecule has 0 radical (unpaired) electrons. The van der Waals surface area contributed by atoms with Crippen molar-refractivity contribution in [2.75, 3.05) is 39.3 Å². The fraction of sp³-hybridized carbons (Fsp3) is 0.762. The summed E-state index contributed by atoms with van der Waals surface area (Å²) in [6.07, 6.45) is 3.48. The minimum absolute atomic E-state index is 0. The first kappa shape index (κ1) is 24.9. The number of piperazine rings is 1. The van der Waals surface area contributed by atoms with Crippen molar-refractivity contribution < 1.29 is 9.53 Å². The largest absolute Gasteiger partial charge is 0.368 e. The van der Waals surface area contributed by atoms with Crippen molar-refractivity contribution >= 4 is 35.8 Å². The molecule has 2 aliphatic rings. The molecule has 2 saturated heterocycles. The number of aromatic nitrogens is 2. The Balaban J connectivity index is 0.00000320. The van der Waals surface area contributed by atoms with Gasteiger partial charge in [-0.05, 0) is 32.6 Å². The summed E-state index contributed by atoms with van der Waals surface area (Å²) in [5.74, 6) is 1.07. The first-order valence-corrected chi connectivity index (χ1v) is 11.1. The lowest BCUT2D eigenvalue weighted by atomic mass is 10.1. The highest BCUT2D eigenvalue weighted by Crippen LogP contribution is 2.18. The fourth-order valence-corrected chi connectivity index (χ4v) is 4.27. The molecule has 1 N–H and O–H groups in total. The van der Waals surface area contributed by atoms with Gasteiger partial charge < -0.3 is 19.9 Å². The van der Waals surface area contributed by atoms with Crippen LogP contribution in [0.2, 0.25) is 0 Å². The predicted octanol–water partition coefficient (Wildman–Crippen LogP) is 1.95. The van der Waals surface area contributed by atoms with Crippen LogP contribution in [0.1, 0.15) is 50.6 Å². The van der Waals surface area contributed by atoms with E-state index in [9.17, 15) is 4.79 Å². The van der Waals surface area contributed by atoms with E-state index in [-0.39, 0.29) is 36.0 Å². The Hall–Kier alpha value is -1.36. The van der Waals surface area contributed by atoms with E-state index >= 15 is 0 Å². The Morgan fingerprint density at radius 3 is 2.43 bits per heavy atom. The van der Waals surface area contributed by atoms with Crippen LogP contribution in [-0.2, 0) is 36.0 Å². The number of ether oxygens (including phenoxy) is 1. The van der Waals surface area contributed by atoms with E-state index in [1.807, 2.05) is 16.6 Å². The Morgan fingerprint density at radius 2 is 1.87 bits per heavy atom. The smallest absolute Gasteiger partial charge is 0.251 e. The molecule has 170 valence electrons. The summed E-state index contributed by atoms with van der Waals surface area (Å²) in [7, 11) is 2.01. The van der Waals surface area contributed by atoms with Crippen molar-refractivity contribution in [3.8, 4) is 0 Å². The highest BCUT2D eigenvalue weighted by atomic mass is 127. The normalized spacial score (nSPS) is 19.7. The third-order valence-electron chi connectivity index (χ3n) is 5.85. The molecule has 1 aromatic heterocycles. The number of nitrogens with one attached hydrogen (secondary N) is 1. The lowest BCUT2D eigenvalue weighted by Gasteiger charge is -2.37. The maximum absolute atomic E-state index is 12.6. The second-order valence-electron chi connectivity index (χ2n) is 7.69. The molecule has 0 bridgehead atoms. The number of nitrogens with zero attached hydrogens (tertiary/aromatic N) is 5. The Labute approximate surface area is 197 Å². The highest BCUT2D eigenvalue weighted by Gasteiger charge is 2.31. The van der Waals surface area contributed by atoms with Gasteiger partial charge in [-0.15, -0.1) is 24.0 Å². The summed E-state index contributed by atoms with van der Waals surface area (Å²) in [6.45, 7) is 11.6. The third kappa shape index (κ3) is 5.66. The summed E-state index contributed by atoms with van der Waals surface area (Å²) in [5, 5.41) is 8.08. The molecule has 0 aliphatic carbocycles. The predicted molar refractivity (Wildman–Crippen MR) is 129 cm³/mol. The van der Waals surface area contributed by atoms with Gasteiger partial charge in [0.25, 0.3) is 5.91 Å². The second kappa shape index (κ2) is 11.9. The molecule has 1 atom stereocenters. The van der Waals surface area contributed by atoms with E-state index in [1.165, 1.54) is 11.3 Å². The molecule has 3 rings (SSSR count). The number of hydrogen-bond donors (Lipinski definition) is 1. The average Bonchev–Trinajstić information content (AvgIpc) is 3.38. The second-order valence-corrected chi connectivity index (χ2v) is 7.69. The lowest BCUT2D eigenvalue weighted by Crippen LogP contribution is -2.55. The van der Waals surface area contributed by atoms with E-state index in [1.54, 1.807) is 0 Å². The fourth-order valence-electron chi connectivity index (χ4n) is 4.27. The maximum atomic E-state index is 12.6. The van der Waals surface area contributed by atoms with Crippen LogP contribution < -0.4 is 5.32 Å². The summed E-state index contributed by atoms with van der Waals surface area (Å²) in [6, 6.07) is 0. The van der Waals surface area contributed by atoms with Gasteiger partial charge in [0, 0.05) is 57.6 Å². The number of guanidine groups is 1. The summed E-state index contributed by atoms with van der Waals surface area (Å²) >= 11 is 0. The van der Waals surface area contributed by atoms with Gasteiger partial charge in [0.1, 0.15) is 6.10 Å². The van der Waals surface area contributed by atoms with E-state index in [0.29, 0.717) is 13.2 Å². The Kier molecular flexibility index (Phi) is 9.86. The van der Waals surface area contributed by atoms with Crippen molar-refractivity contribution in [3.05, 3.63) is 17.0 Å². The zero-order chi connectivity index (χ0) is 20.8. The van der Waals surface area contributed by atoms with Gasteiger partial charge in [-0.3, -0.25) is 9.48 Å². The maximum Gasteiger partial charge on any atom is 0.251 e. The van der Waals surface area contributed by atoms with Crippen LogP contribution in [0, 0.1) is 0 Å². The quantitative estimate of drug-likeness (QED) is 0.345. The van der Waals surface area contributed by atoms with Gasteiger partial charge >= 0.3 is 0 Å². The zero-order valence-corrected chi connectivity index (χ0v) is 21.1. The van der Waals surface area contributed by atoms with Crippen molar-refractivity contribution in [3.63, 3.8) is 0 Å². The van der Waals surface area contributed by atoms with Crippen LogP contribution in [0.3, 0.4) is 0 Å². The number of rotatable bonds is 6. The number of amides is 1. The molecule has 1 aromatic rings. The molecule has 0 saturated carbocycles. The molecule has 0 aromatic carbocycles. The van der Waals surface area contributed by atoms with Gasteiger partial charge in [-0.2, -0.15) is 5.10 Å². The van der Waals surface area contributed by atoms with Crippen molar-refractivity contribution in [2.45, 2.75) is 59.1 Å². The number of hydrogen-bond acceptors (Lipinski definition) is 4. The van der Waals surface area contributed by atoms with Crippen molar-refractivity contribution in [2.24, 2.45) is 12.0 Å². The Bertz CT molecular complexity index is 721. The number of carbonyl (C=O) groups is 1. The molecule has 3 heterocycles. The van der Waals surface area contributed by atoms with Crippen LogP contribution in [-0.4, -0.2) is 76.9 Å². The monoisotopic (exact) mass is 532 g/mol. The third-order valence-corrected chi connectivity index (χ3v) is 5.85. The van der Waals surface area contributed by atoms with Crippen LogP contribution >= 0.6 is 24.0 Å². The molecule has 2 fully saturated rings. The summed E-state index contributed by atoms with van der Waals surface area (Å²) < 4.78 is 7.56. The molecule has 1 unspecified atom stereocenters. The summed E-state index contributed by atoms with van der Waals surface area (Å²) in [4.78, 5) is 21.7. The van der Waals surface area contributed by atoms with Crippen molar-refractivity contribution in [1.82, 2.24) is 24.9 Å². The molecular weight excluding hydrogens is 495 g/mol. The first-order chi connectivity index (χ1) is 14.1. The van der Waals surface area contributed by atoms with Gasteiger partial charge in [0.05, 0.1) is 12.2 Å². The van der Waals surface area contributed by atoms with E-state index < -0.39 is 0 Å². The molecular formula is C21H37IN6O2. The molecule has 1 amide bonds. The lowest BCUT2D eigenvalue weighted by molar-refractivity contribution is -0.142. The molecule has 0 spiro atoms. The first-order valence-electron chi connectivity index (χ1n) is 11.1. The van der Waals surface area contributed by atoms with Gasteiger partial charge in [0.15, 0.2) is 5.96 Å². The average molecular weight is 532 g/mol.